The van der Waals surface area contributed by atoms with Crippen molar-refractivity contribution in [3.05, 3.63) is 0 Å². The van der Waals surface area contributed by atoms with Gasteiger partial charge in [0, 0.05) is 12.6 Å². The summed E-state index contributed by atoms with van der Waals surface area (Å²) in [5.41, 5.74) is 0. The van der Waals surface area contributed by atoms with Gasteiger partial charge in [-0.2, -0.15) is 0 Å². The molecule has 1 rings (SSSR count). The minimum Gasteiger partial charge on any atom is -0.348 e. The van der Waals surface area contributed by atoms with Crippen LogP contribution in [-0.4, -0.2) is 49.9 Å². The molecule has 0 bridgehead atoms. The third kappa shape index (κ3) is 6.05. The van der Waals surface area contributed by atoms with Crippen molar-refractivity contribution in [1.29, 1.82) is 0 Å². The second-order valence-electron chi connectivity index (χ2n) is 5.75. The van der Waals surface area contributed by atoms with Crippen molar-refractivity contribution in [2.75, 3.05) is 27.2 Å². The van der Waals surface area contributed by atoms with E-state index in [1.807, 2.05) is 14.1 Å². The van der Waals surface area contributed by atoms with Gasteiger partial charge in [-0.1, -0.05) is 19.8 Å². The summed E-state index contributed by atoms with van der Waals surface area (Å²) in [7, 11) is 3.97. The van der Waals surface area contributed by atoms with Crippen molar-refractivity contribution in [2.24, 2.45) is 5.92 Å². The predicted molar refractivity (Wildman–Crippen MR) is 75.7 cm³/mol. The number of amides is 2. The first-order valence-corrected chi connectivity index (χ1v) is 7.24. The predicted octanol–water partition coefficient (Wildman–Crippen LogP) is 0.749. The van der Waals surface area contributed by atoms with E-state index in [-0.39, 0.29) is 6.04 Å². The van der Waals surface area contributed by atoms with Crippen LogP contribution < -0.4 is 10.6 Å². The molecular formula is C14H27N3O2. The summed E-state index contributed by atoms with van der Waals surface area (Å²) in [6.07, 6.45) is 5.34. The molecule has 0 heterocycles. The normalized spacial score (nSPS) is 23.2. The van der Waals surface area contributed by atoms with Crippen LogP contribution in [0.4, 0.5) is 0 Å². The molecule has 2 atom stereocenters. The number of rotatable bonds is 5. The Morgan fingerprint density at radius 3 is 2.47 bits per heavy atom. The van der Waals surface area contributed by atoms with Gasteiger partial charge in [0.1, 0.15) is 0 Å². The van der Waals surface area contributed by atoms with E-state index >= 15 is 0 Å². The van der Waals surface area contributed by atoms with Crippen LogP contribution >= 0.6 is 0 Å². The van der Waals surface area contributed by atoms with E-state index in [9.17, 15) is 9.59 Å². The topological polar surface area (TPSA) is 61.4 Å². The quantitative estimate of drug-likeness (QED) is 0.572. The van der Waals surface area contributed by atoms with Gasteiger partial charge in [0.25, 0.3) is 0 Å². The number of carbonyl (C=O) groups is 2. The van der Waals surface area contributed by atoms with Crippen molar-refractivity contribution in [3.8, 4) is 0 Å². The Hall–Kier alpha value is -1.10. The molecule has 110 valence electrons. The summed E-state index contributed by atoms with van der Waals surface area (Å²) in [6.45, 7) is 3.59. The molecule has 0 saturated heterocycles. The Bertz CT molecular complexity index is 305. The van der Waals surface area contributed by atoms with E-state index in [1.54, 1.807) is 0 Å². The van der Waals surface area contributed by atoms with Gasteiger partial charge in [-0.05, 0) is 45.8 Å². The van der Waals surface area contributed by atoms with E-state index in [0.717, 1.165) is 32.2 Å². The number of nitrogens with zero attached hydrogens (tertiary/aromatic N) is 1. The molecule has 0 spiro atoms. The van der Waals surface area contributed by atoms with E-state index in [2.05, 4.69) is 22.5 Å². The van der Waals surface area contributed by atoms with Crippen LogP contribution in [0.15, 0.2) is 0 Å². The number of hydrogen-bond acceptors (Lipinski definition) is 3. The van der Waals surface area contributed by atoms with E-state index in [4.69, 9.17) is 0 Å². The molecule has 19 heavy (non-hydrogen) atoms. The van der Waals surface area contributed by atoms with E-state index in [1.165, 1.54) is 6.42 Å². The standard InChI is InChI=1S/C14H27N3O2/c1-11-7-4-5-8-12(11)16-14(19)13(18)15-9-6-10-17(2)3/h11-12H,4-10H2,1-3H3,(H,15,18)(H,16,19)/t11-,12-/m1/s1. The largest absolute Gasteiger partial charge is 0.348 e. The smallest absolute Gasteiger partial charge is 0.309 e. The zero-order valence-corrected chi connectivity index (χ0v) is 12.4. The third-order valence-electron chi connectivity index (χ3n) is 3.70. The van der Waals surface area contributed by atoms with Crippen LogP contribution in [0.25, 0.3) is 0 Å². The van der Waals surface area contributed by atoms with E-state index < -0.39 is 11.8 Å². The number of carbonyl (C=O) groups excluding carboxylic acids is 2. The lowest BCUT2D eigenvalue weighted by Crippen LogP contribution is -2.48. The Labute approximate surface area is 116 Å². The minimum absolute atomic E-state index is 0.161. The van der Waals surface area contributed by atoms with Crippen molar-refractivity contribution >= 4 is 11.8 Å². The Kier molecular flexibility index (Phi) is 6.84. The average Bonchev–Trinajstić information content (AvgIpc) is 2.36. The molecule has 0 aliphatic heterocycles. The second-order valence-corrected chi connectivity index (χ2v) is 5.75. The summed E-state index contributed by atoms with van der Waals surface area (Å²) in [4.78, 5) is 25.4. The molecule has 1 aliphatic rings. The maximum absolute atomic E-state index is 11.8. The summed E-state index contributed by atoms with van der Waals surface area (Å²) >= 11 is 0. The molecule has 0 unspecified atom stereocenters. The molecule has 1 aliphatic carbocycles. The van der Waals surface area contributed by atoms with Gasteiger partial charge in [-0.15, -0.1) is 0 Å². The fourth-order valence-corrected chi connectivity index (χ4v) is 2.44. The van der Waals surface area contributed by atoms with Crippen LogP contribution in [0.1, 0.15) is 39.0 Å². The van der Waals surface area contributed by atoms with Gasteiger partial charge >= 0.3 is 11.8 Å². The third-order valence-corrected chi connectivity index (χ3v) is 3.70. The van der Waals surface area contributed by atoms with E-state index in [0.29, 0.717) is 12.5 Å². The fraction of sp³-hybridized carbons (Fsp3) is 0.857. The highest BCUT2D eigenvalue weighted by Crippen LogP contribution is 2.23. The highest BCUT2D eigenvalue weighted by Gasteiger charge is 2.25. The van der Waals surface area contributed by atoms with Crippen molar-refractivity contribution < 1.29 is 9.59 Å². The maximum Gasteiger partial charge on any atom is 0.309 e. The van der Waals surface area contributed by atoms with Gasteiger partial charge < -0.3 is 15.5 Å². The fourth-order valence-electron chi connectivity index (χ4n) is 2.44. The Morgan fingerprint density at radius 2 is 1.84 bits per heavy atom. The average molecular weight is 269 g/mol. The van der Waals surface area contributed by atoms with Crippen LogP contribution in [0.2, 0.25) is 0 Å². The molecule has 1 saturated carbocycles. The van der Waals surface area contributed by atoms with Crippen LogP contribution in [-0.2, 0) is 9.59 Å². The van der Waals surface area contributed by atoms with Crippen LogP contribution in [0, 0.1) is 5.92 Å². The number of hydrogen-bond donors (Lipinski definition) is 2. The molecule has 5 heteroatoms. The zero-order chi connectivity index (χ0) is 14.3. The molecule has 2 N–H and O–H groups in total. The number of nitrogens with one attached hydrogen (secondary N) is 2. The lowest BCUT2D eigenvalue weighted by molar-refractivity contribution is -0.140. The minimum atomic E-state index is -0.503. The zero-order valence-electron chi connectivity index (χ0n) is 12.4. The van der Waals surface area contributed by atoms with Gasteiger partial charge in [0.15, 0.2) is 0 Å². The monoisotopic (exact) mass is 269 g/mol. The molecule has 2 amide bonds. The first-order valence-electron chi connectivity index (χ1n) is 7.24. The SMILES string of the molecule is C[C@@H]1CCCC[C@H]1NC(=O)C(=O)NCCCN(C)C. The van der Waals surface area contributed by atoms with Crippen molar-refractivity contribution in [3.63, 3.8) is 0 Å². The maximum atomic E-state index is 11.8. The van der Waals surface area contributed by atoms with Crippen LogP contribution in [0.3, 0.4) is 0 Å². The molecule has 0 aromatic rings. The highest BCUT2D eigenvalue weighted by molar-refractivity contribution is 6.35. The summed E-state index contributed by atoms with van der Waals surface area (Å²) in [6, 6.07) is 0.161. The van der Waals surface area contributed by atoms with Gasteiger partial charge in [-0.3, -0.25) is 9.59 Å². The molecule has 0 radical (unpaired) electrons. The highest BCUT2D eigenvalue weighted by atomic mass is 16.2. The summed E-state index contributed by atoms with van der Waals surface area (Å²) in [5.74, 6) is -0.514. The lowest BCUT2D eigenvalue weighted by Gasteiger charge is -2.29. The first-order chi connectivity index (χ1) is 9.00. The first kappa shape index (κ1) is 16.0. The van der Waals surface area contributed by atoms with Crippen LogP contribution in [0.5, 0.6) is 0 Å². The van der Waals surface area contributed by atoms with Crippen molar-refractivity contribution in [1.82, 2.24) is 15.5 Å². The molecule has 5 nitrogen and oxygen atoms in total. The molecule has 0 aromatic carbocycles. The summed E-state index contributed by atoms with van der Waals surface area (Å²) < 4.78 is 0. The Balaban J connectivity index is 2.22. The van der Waals surface area contributed by atoms with Gasteiger partial charge in [0.05, 0.1) is 0 Å². The molecular weight excluding hydrogens is 242 g/mol. The van der Waals surface area contributed by atoms with Gasteiger partial charge in [0.2, 0.25) is 0 Å². The van der Waals surface area contributed by atoms with Crippen molar-refractivity contribution in [2.45, 2.75) is 45.1 Å². The van der Waals surface area contributed by atoms with Gasteiger partial charge in [-0.25, -0.2) is 0 Å². The molecule has 0 aromatic heterocycles. The lowest BCUT2D eigenvalue weighted by atomic mass is 9.86. The Morgan fingerprint density at radius 1 is 1.16 bits per heavy atom. The molecule has 1 fully saturated rings. The second kappa shape index (κ2) is 8.15. The summed E-state index contributed by atoms with van der Waals surface area (Å²) in [5, 5.41) is 5.52.